The molecule has 1 heterocycles. The highest BCUT2D eigenvalue weighted by atomic mass is 79.9. The number of aromatic nitrogens is 2. The van der Waals surface area contributed by atoms with Gasteiger partial charge in [0.25, 0.3) is 0 Å². The zero-order chi connectivity index (χ0) is 20.1. The average molecular weight is 447 g/mol. The molecule has 0 aliphatic rings. The molecule has 142 valence electrons. The molecule has 0 atom stereocenters. The number of hydrazone groups is 1. The molecule has 1 aromatic heterocycles. The maximum Gasteiger partial charge on any atom is 0.162 e. The third kappa shape index (κ3) is 4.92. The van der Waals surface area contributed by atoms with Gasteiger partial charge in [0, 0.05) is 21.7 Å². The third-order valence-electron chi connectivity index (χ3n) is 4.14. The molecule has 0 saturated heterocycles. The van der Waals surface area contributed by atoms with Crippen LogP contribution in [0, 0.1) is 5.82 Å². The highest BCUT2D eigenvalue weighted by molar-refractivity contribution is 9.10. The monoisotopic (exact) mass is 446 g/mol. The minimum absolute atomic E-state index is 0.306. The normalized spacial score (nSPS) is 11.0. The summed E-state index contributed by atoms with van der Waals surface area (Å²) in [6.45, 7) is 0. The first-order chi connectivity index (χ1) is 14.2. The number of nitrogens with one attached hydrogen (secondary N) is 1. The minimum atomic E-state index is -0.306. The van der Waals surface area contributed by atoms with Gasteiger partial charge in [0.05, 0.1) is 11.9 Å². The number of hydrogen-bond acceptors (Lipinski definition) is 4. The lowest BCUT2D eigenvalue weighted by molar-refractivity contribution is 0.627. The number of nitrogens with zero attached hydrogens (tertiary/aromatic N) is 3. The zero-order valence-corrected chi connectivity index (χ0v) is 16.8. The Kier molecular flexibility index (Phi) is 5.72. The molecular weight excluding hydrogens is 431 g/mol. The minimum Gasteiger partial charge on any atom is -0.261 e. The first kappa shape index (κ1) is 19.0. The van der Waals surface area contributed by atoms with Crippen molar-refractivity contribution in [3.8, 4) is 22.6 Å². The second-order valence-electron chi connectivity index (χ2n) is 6.26. The molecule has 0 amide bonds. The van der Waals surface area contributed by atoms with Gasteiger partial charge in [-0.1, -0.05) is 70.5 Å². The molecule has 0 spiro atoms. The Bertz CT molecular complexity index is 1150. The van der Waals surface area contributed by atoms with E-state index in [0.29, 0.717) is 17.2 Å². The van der Waals surface area contributed by atoms with Gasteiger partial charge in [-0.15, -0.1) is 0 Å². The van der Waals surface area contributed by atoms with Crippen molar-refractivity contribution in [1.82, 2.24) is 9.97 Å². The predicted molar refractivity (Wildman–Crippen MR) is 118 cm³/mol. The van der Waals surface area contributed by atoms with Crippen LogP contribution >= 0.6 is 15.9 Å². The van der Waals surface area contributed by atoms with Crippen LogP contribution in [0.15, 0.2) is 94.5 Å². The van der Waals surface area contributed by atoms with E-state index >= 15 is 0 Å². The van der Waals surface area contributed by atoms with E-state index in [-0.39, 0.29) is 5.82 Å². The van der Waals surface area contributed by atoms with E-state index in [1.165, 1.54) is 12.1 Å². The number of rotatable bonds is 5. The second kappa shape index (κ2) is 8.75. The molecule has 6 heteroatoms. The van der Waals surface area contributed by atoms with Crippen molar-refractivity contribution in [1.29, 1.82) is 0 Å². The Hall–Kier alpha value is -3.38. The highest BCUT2D eigenvalue weighted by Gasteiger charge is 2.08. The maximum absolute atomic E-state index is 13.3. The van der Waals surface area contributed by atoms with Gasteiger partial charge in [0.15, 0.2) is 11.6 Å². The molecule has 1 N–H and O–H groups in total. The Labute approximate surface area is 176 Å². The molecule has 0 aliphatic carbocycles. The van der Waals surface area contributed by atoms with Crippen molar-refractivity contribution in [3.05, 3.63) is 101 Å². The summed E-state index contributed by atoms with van der Waals surface area (Å²) in [6, 6.07) is 25.7. The van der Waals surface area contributed by atoms with E-state index in [1.54, 1.807) is 18.3 Å². The summed E-state index contributed by atoms with van der Waals surface area (Å²) in [5, 5.41) is 4.20. The van der Waals surface area contributed by atoms with Gasteiger partial charge in [-0.2, -0.15) is 5.10 Å². The van der Waals surface area contributed by atoms with Crippen LogP contribution in [0.4, 0.5) is 10.2 Å². The number of hydrogen-bond donors (Lipinski definition) is 1. The van der Waals surface area contributed by atoms with Crippen molar-refractivity contribution in [2.24, 2.45) is 5.10 Å². The topological polar surface area (TPSA) is 50.2 Å². The van der Waals surface area contributed by atoms with Gasteiger partial charge >= 0.3 is 0 Å². The summed E-state index contributed by atoms with van der Waals surface area (Å²) >= 11 is 3.45. The summed E-state index contributed by atoms with van der Waals surface area (Å²) in [4.78, 5) is 9.30. The fraction of sp³-hybridized carbons (Fsp3) is 0. The lowest BCUT2D eigenvalue weighted by Gasteiger charge is -2.08. The van der Waals surface area contributed by atoms with E-state index in [2.05, 4.69) is 31.4 Å². The third-order valence-corrected chi connectivity index (χ3v) is 4.67. The molecule has 0 aliphatic heterocycles. The maximum atomic E-state index is 13.3. The molecule has 29 heavy (non-hydrogen) atoms. The Morgan fingerprint density at radius 1 is 0.828 bits per heavy atom. The summed E-state index contributed by atoms with van der Waals surface area (Å²) in [7, 11) is 0. The second-order valence-corrected chi connectivity index (χ2v) is 7.18. The molecule has 0 bridgehead atoms. The molecular formula is C23H16BrFN4. The summed E-state index contributed by atoms with van der Waals surface area (Å²) in [6.07, 6.45) is 1.55. The Morgan fingerprint density at radius 2 is 1.62 bits per heavy atom. The fourth-order valence-corrected chi connectivity index (χ4v) is 3.01. The van der Waals surface area contributed by atoms with E-state index in [9.17, 15) is 4.39 Å². The van der Waals surface area contributed by atoms with Gasteiger partial charge in [0.1, 0.15) is 5.82 Å². The summed E-state index contributed by atoms with van der Waals surface area (Å²) < 4.78 is 14.3. The Morgan fingerprint density at radius 3 is 2.38 bits per heavy atom. The predicted octanol–water partition coefficient (Wildman–Crippen LogP) is 6.16. The molecule has 3 aromatic carbocycles. The van der Waals surface area contributed by atoms with Crippen molar-refractivity contribution >= 4 is 28.0 Å². The lowest BCUT2D eigenvalue weighted by atomic mass is 10.1. The molecule has 0 radical (unpaired) electrons. The lowest BCUT2D eigenvalue weighted by Crippen LogP contribution is -1.99. The Balaban J connectivity index is 1.68. The summed E-state index contributed by atoms with van der Waals surface area (Å²) in [5.41, 5.74) is 6.24. The molecule has 0 unspecified atom stereocenters. The van der Waals surface area contributed by atoms with Crippen molar-refractivity contribution < 1.29 is 4.39 Å². The average Bonchev–Trinajstić information content (AvgIpc) is 2.75. The molecule has 0 fully saturated rings. The van der Waals surface area contributed by atoms with Gasteiger partial charge in [-0.3, -0.25) is 5.43 Å². The molecule has 4 rings (SSSR count). The standard InChI is InChI=1S/C23H16BrFN4/c24-19-11-9-18(10-12-19)23-27-21(17-6-2-1-3-7-17)14-22(28-23)29-26-15-16-5-4-8-20(25)13-16/h1-15H,(H,27,28,29)/b26-15+. The highest BCUT2D eigenvalue weighted by Crippen LogP contribution is 2.25. The van der Waals surface area contributed by atoms with Crippen LogP contribution in [0.25, 0.3) is 22.6 Å². The SMILES string of the molecule is Fc1cccc(/C=N/Nc2cc(-c3ccccc3)nc(-c3ccc(Br)cc3)n2)c1. The first-order valence-corrected chi connectivity index (χ1v) is 9.72. The van der Waals surface area contributed by atoms with Crippen LogP contribution in [-0.4, -0.2) is 16.2 Å². The van der Waals surface area contributed by atoms with Crippen molar-refractivity contribution in [3.63, 3.8) is 0 Å². The largest absolute Gasteiger partial charge is 0.261 e. The number of benzene rings is 3. The van der Waals surface area contributed by atoms with Crippen molar-refractivity contribution in [2.45, 2.75) is 0 Å². The van der Waals surface area contributed by atoms with Gasteiger partial charge in [0.2, 0.25) is 0 Å². The molecule has 4 aromatic rings. The van der Waals surface area contributed by atoms with Crippen LogP contribution in [0.2, 0.25) is 0 Å². The quantitative estimate of drug-likeness (QED) is 0.295. The van der Waals surface area contributed by atoms with Crippen LogP contribution < -0.4 is 5.43 Å². The van der Waals surface area contributed by atoms with E-state index in [4.69, 9.17) is 4.98 Å². The van der Waals surface area contributed by atoms with Gasteiger partial charge < -0.3 is 0 Å². The van der Waals surface area contributed by atoms with Crippen molar-refractivity contribution in [2.75, 3.05) is 5.43 Å². The van der Waals surface area contributed by atoms with Gasteiger partial charge in [-0.25, -0.2) is 14.4 Å². The van der Waals surface area contributed by atoms with Crippen LogP contribution in [-0.2, 0) is 0 Å². The van der Waals surface area contributed by atoms with E-state index < -0.39 is 0 Å². The van der Waals surface area contributed by atoms with E-state index in [1.807, 2.05) is 60.7 Å². The molecule has 0 saturated carbocycles. The first-order valence-electron chi connectivity index (χ1n) is 8.92. The smallest absolute Gasteiger partial charge is 0.162 e. The van der Waals surface area contributed by atoms with E-state index in [0.717, 1.165) is 21.3 Å². The fourth-order valence-electron chi connectivity index (χ4n) is 2.75. The zero-order valence-electron chi connectivity index (χ0n) is 15.3. The van der Waals surface area contributed by atoms with Crippen LogP contribution in [0.5, 0.6) is 0 Å². The number of halogens is 2. The van der Waals surface area contributed by atoms with Crippen LogP contribution in [0.3, 0.4) is 0 Å². The van der Waals surface area contributed by atoms with Gasteiger partial charge in [-0.05, 0) is 29.8 Å². The van der Waals surface area contributed by atoms with Crippen LogP contribution in [0.1, 0.15) is 5.56 Å². The molecule has 4 nitrogen and oxygen atoms in total. The summed E-state index contributed by atoms with van der Waals surface area (Å²) in [5.74, 6) is 0.826. The number of anilines is 1.